The van der Waals surface area contributed by atoms with E-state index in [1.54, 1.807) is 0 Å². The second kappa shape index (κ2) is 11.2. The molecule has 0 saturated heterocycles. The molecule has 3 aromatic carbocycles. The maximum atomic E-state index is 12.5. The molecule has 0 aliphatic heterocycles. The van der Waals surface area contributed by atoms with Crippen molar-refractivity contribution in [1.82, 2.24) is 10.4 Å². The zero-order valence-electron chi connectivity index (χ0n) is 17.0. The molecular weight excluding hydrogens is 415 g/mol. The minimum Gasteiger partial charge on any atom is -0.289 e. The summed E-state index contributed by atoms with van der Waals surface area (Å²) in [5.41, 5.74) is 6.47. The number of aryl methyl sites for hydroxylation is 1. The number of halogens is 2. The highest BCUT2D eigenvalue weighted by Crippen LogP contribution is 2.26. The van der Waals surface area contributed by atoms with Crippen LogP contribution in [0.5, 0.6) is 0 Å². The summed E-state index contributed by atoms with van der Waals surface area (Å²) >= 11 is 12.3. The molecule has 0 saturated carbocycles. The van der Waals surface area contributed by atoms with Crippen molar-refractivity contribution in [2.45, 2.75) is 31.7 Å². The summed E-state index contributed by atoms with van der Waals surface area (Å²) in [5, 5.41) is 3.26. The zero-order chi connectivity index (χ0) is 21.3. The second-order valence-electron chi connectivity index (χ2n) is 7.39. The Hall–Kier alpha value is -2.33. The summed E-state index contributed by atoms with van der Waals surface area (Å²) < 4.78 is 0. The number of hydrogen-bond acceptors (Lipinski definition) is 2. The highest BCUT2D eigenvalue weighted by atomic mass is 35.5. The fourth-order valence-electron chi connectivity index (χ4n) is 3.46. The first kappa shape index (κ1) is 22.4. The lowest BCUT2D eigenvalue weighted by Gasteiger charge is -2.29. The van der Waals surface area contributed by atoms with Crippen LogP contribution in [0.2, 0.25) is 10.0 Å². The Balaban J connectivity index is 1.64. The van der Waals surface area contributed by atoms with Crippen LogP contribution in [0.3, 0.4) is 0 Å². The van der Waals surface area contributed by atoms with Crippen LogP contribution < -0.4 is 5.43 Å². The molecule has 3 rings (SSSR count). The van der Waals surface area contributed by atoms with Gasteiger partial charge in [-0.05, 0) is 60.2 Å². The summed E-state index contributed by atoms with van der Waals surface area (Å²) in [6.07, 6.45) is 2.89. The van der Waals surface area contributed by atoms with Crippen molar-refractivity contribution in [2.24, 2.45) is 0 Å². The van der Waals surface area contributed by atoms with Crippen LogP contribution in [0.4, 0.5) is 0 Å². The quantitative estimate of drug-likeness (QED) is 0.398. The molecule has 30 heavy (non-hydrogen) atoms. The summed E-state index contributed by atoms with van der Waals surface area (Å²) in [4.78, 5) is 12.5. The first-order chi connectivity index (χ1) is 14.5. The topological polar surface area (TPSA) is 32.3 Å². The second-order valence-corrected chi connectivity index (χ2v) is 8.26. The average Bonchev–Trinajstić information content (AvgIpc) is 2.74. The van der Waals surface area contributed by atoms with Gasteiger partial charge in [-0.2, -0.15) is 0 Å². The average molecular weight is 441 g/mol. The van der Waals surface area contributed by atoms with Crippen molar-refractivity contribution in [3.05, 3.63) is 106 Å². The number of rotatable bonds is 9. The van der Waals surface area contributed by atoms with Crippen molar-refractivity contribution < 1.29 is 4.79 Å². The predicted octanol–water partition coefficient (Wildman–Crippen LogP) is 6.26. The number of carbonyl (C=O) groups excluding carboxylic acids is 1. The third-order valence-corrected chi connectivity index (χ3v) is 5.54. The van der Waals surface area contributed by atoms with Gasteiger partial charge in [-0.3, -0.25) is 10.2 Å². The van der Waals surface area contributed by atoms with Gasteiger partial charge in [0.2, 0.25) is 5.91 Å². The summed E-state index contributed by atoms with van der Waals surface area (Å²) in [5.74, 6) is 0.0107. The van der Waals surface area contributed by atoms with Gasteiger partial charge in [0.05, 0.1) is 6.04 Å². The van der Waals surface area contributed by atoms with Crippen LogP contribution in [-0.4, -0.2) is 18.0 Å². The van der Waals surface area contributed by atoms with Gasteiger partial charge >= 0.3 is 0 Å². The highest BCUT2D eigenvalue weighted by molar-refractivity contribution is 6.30. The summed E-state index contributed by atoms with van der Waals surface area (Å²) in [7, 11) is 1.90. The lowest BCUT2D eigenvalue weighted by molar-refractivity contribution is -0.126. The van der Waals surface area contributed by atoms with E-state index in [9.17, 15) is 4.79 Å². The maximum absolute atomic E-state index is 12.5. The molecule has 0 aromatic heterocycles. The smallest absolute Gasteiger partial charge is 0.234 e. The van der Waals surface area contributed by atoms with E-state index >= 15 is 0 Å². The molecule has 156 valence electrons. The lowest BCUT2D eigenvalue weighted by atomic mass is 9.98. The SMILES string of the molecule is CN(NC(=O)CCCc1ccccc1)C(Cc1ccc(Cl)cc1)c1cccc(Cl)c1. The van der Waals surface area contributed by atoms with Gasteiger partial charge in [0.25, 0.3) is 0 Å². The third-order valence-electron chi connectivity index (χ3n) is 5.06. The first-order valence-electron chi connectivity index (χ1n) is 10.1. The minimum atomic E-state index is -0.0528. The van der Waals surface area contributed by atoms with Crippen LogP contribution in [0.15, 0.2) is 78.9 Å². The summed E-state index contributed by atoms with van der Waals surface area (Å²) in [6, 6.07) is 25.7. The van der Waals surface area contributed by atoms with Crippen LogP contribution in [0.25, 0.3) is 0 Å². The molecule has 1 unspecified atom stereocenters. The van der Waals surface area contributed by atoms with Gasteiger partial charge in [-0.1, -0.05) is 77.8 Å². The van der Waals surface area contributed by atoms with Crippen molar-refractivity contribution in [3.8, 4) is 0 Å². The first-order valence-corrected chi connectivity index (χ1v) is 10.8. The van der Waals surface area contributed by atoms with Crippen molar-refractivity contribution in [2.75, 3.05) is 7.05 Å². The summed E-state index contributed by atoms with van der Waals surface area (Å²) in [6.45, 7) is 0. The molecule has 0 bridgehead atoms. The third kappa shape index (κ3) is 6.88. The lowest BCUT2D eigenvalue weighted by Crippen LogP contribution is -2.42. The Morgan fingerprint density at radius 1 is 0.900 bits per heavy atom. The predicted molar refractivity (Wildman–Crippen MR) is 125 cm³/mol. The fraction of sp³-hybridized carbons (Fsp3) is 0.240. The number of nitrogens with zero attached hydrogens (tertiary/aromatic N) is 1. The van der Waals surface area contributed by atoms with E-state index in [-0.39, 0.29) is 11.9 Å². The molecule has 1 amide bonds. The monoisotopic (exact) mass is 440 g/mol. The van der Waals surface area contributed by atoms with Gasteiger partial charge in [0, 0.05) is 23.5 Å². The molecule has 3 nitrogen and oxygen atoms in total. The Morgan fingerprint density at radius 2 is 1.63 bits per heavy atom. The molecule has 1 N–H and O–H groups in total. The number of likely N-dealkylation sites (N-methyl/N-ethyl adjacent to an activating group) is 1. The molecule has 3 aromatic rings. The van der Waals surface area contributed by atoms with Crippen molar-refractivity contribution in [3.63, 3.8) is 0 Å². The van der Waals surface area contributed by atoms with Crippen LogP contribution >= 0.6 is 23.2 Å². The number of hydrogen-bond donors (Lipinski definition) is 1. The van der Waals surface area contributed by atoms with Crippen LogP contribution in [0, 0.1) is 0 Å². The van der Waals surface area contributed by atoms with Crippen LogP contribution in [-0.2, 0) is 17.6 Å². The molecule has 1 atom stereocenters. The van der Waals surface area contributed by atoms with Crippen LogP contribution in [0.1, 0.15) is 35.6 Å². The van der Waals surface area contributed by atoms with Gasteiger partial charge in [0.1, 0.15) is 0 Å². The van der Waals surface area contributed by atoms with Gasteiger partial charge in [0.15, 0.2) is 0 Å². The van der Waals surface area contributed by atoms with E-state index in [0.29, 0.717) is 16.5 Å². The molecule has 0 spiro atoms. The number of benzene rings is 3. The fourth-order valence-corrected chi connectivity index (χ4v) is 3.79. The molecular formula is C25H26Cl2N2O. The number of carbonyl (C=O) groups is 1. The van der Waals surface area contributed by atoms with E-state index in [0.717, 1.165) is 30.4 Å². The number of amides is 1. The molecule has 0 heterocycles. The van der Waals surface area contributed by atoms with E-state index < -0.39 is 0 Å². The Morgan fingerprint density at radius 3 is 2.33 bits per heavy atom. The van der Waals surface area contributed by atoms with E-state index in [2.05, 4.69) is 17.6 Å². The molecule has 0 fully saturated rings. The van der Waals surface area contributed by atoms with E-state index in [1.165, 1.54) is 5.56 Å². The maximum Gasteiger partial charge on any atom is 0.234 e. The van der Waals surface area contributed by atoms with Gasteiger partial charge < -0.3 is 0 Å². The molecule has 0 aliphatic rings. The minimum absolute atomic E-state index is 0.0107. The molecule has 5 heteroatoms. The zero-order valence-corrected chi connectivity index (χ0v) is 18.5. The van der Waals surface area contributed by atoms with Gasteiger partial charge in [-0.25, -0.2) is 5.01 Å². The largest absolute Gasteiger partial charge is 0.289 e. The van der Waals surface area contributed by atoms with Gasteiger partial charge in [-0.15, -0.1) is 0 Å². The van der Waals surface area contributed by atoms with E-state index in [4.69, 9.17) is 23.2 Å². The van der Waals surface area contributed by atoms with Crippen molar-refractivity contribution in [1.29, 1.82) is 0 Å². The Kier molecular flexibility index (Phi) is 8.32. The Labute approximate surface area is 188 Å². The molecule has 0 aliphatic carbocycles. The standard InChI is InChI=1S/C25H26Cl2N2O/c1-29(28-25(30)12-5-9-19-7-3-2-4-8-19)24(21-10-6-11-23(27)18-21)17-20-13-15-22(26)16-14-20/h2-4,6-8,10-11,13-16,18,24H,5,9,12,17H2,1H3,(H,28,30). The highest BCUT2D eigenvalue weighted by Gasteiger charge is 2.20. The Bertz CT molecular complexity index is 945. The van der Waals surface area contributed by atoms with E-state index in [1.807, 2.05) is 78.8 Å². The van der Waals surface area contributed by atoms with Crippen molar-refractivity contribution >= 4 is 29.1 Å². The normalized spacial score (nSPS) is 12.0. The number of hydrazine groups is 1. The number of nitrogens with one attached hydrogen (secondary N) is 1. The molecule has 0 radical (unpaired) electrons.